The zero-order valence-corrected chi connectivity index (χ0v) is 15.8. The van der Waals surface area contributed by atoms with E-state index in [9.17, 15) is 8.78 Å². The second kappa shape index (κ2) is 10.6. The Balaban J connectivity index is 1.65. The summed E-state index contributed by atoms with van der Waals surface area (Å²) in [6, 6.07) is 5.01. The first-order valence-electron chi connectivity index (χ1n) is 9.18. The van der Waals surface area contributed by atoms with Gasteiger partial charge in [-0.3, -0.25) is 4.90 Å². The summed E-state index contributed by atoms with van der Waals surface area (Å²) in [5.74, 6) is 0.375. The highest BCUT2D eigenvalue weighted by atomic mass is 19.3. The van der Waals surface area contributed by atoms with Crippen molar-refractivity contribution in [2.75, 3.05) is 33.3 Å². The number of methoxy groups -OCH3 is 1. The number of rotatable bonds is 10. The van der Waals surface area contributed by atoms with Crippen LogP contribution in [0.5, 0.6) is 11.5 Å². The molecule has 0 aromatic heterocycles. The van der Waals surface area contributed by atoms with E-state index < -0.39 is 6.61 Å². The van der Waals surface area contributed by atoms with Crippen LogP contribution in [0, 0.1) is 0 Å². The third-order valence-corrected chi connectivity index (χ3v) is 4.35. The monoisotopic (exact) mass is 372 g/mol. The smallest absolute Gasteiger partial charge is 0.387 e. The van der Waals surface area contributed by atoms with Crippen molar-refractivity contribution in [1.82, 2.24) is 10.2 Å². The first-order valence-corrected chi connectivity index (χ1v) is 9.18. The summed E-state index contributed by atoms with van der Waals surface area (Å²) in [6.45, 7) is 6.06. The highest BCUT2D eigenvalue weighted by Gasteiger charge is 2.21. The molecule has 1 saturated heterocycles. The second-order valence-corrected chi connectivity index (χ2v) is 6.76. The zero-order valence-electron chi connectivity index (χ0n) is 15.8. The molecule has 0 aliphatic carbocycles. The van der Waals surface area contributed by atoms with Crippen LogP contribution in [-0.2, 0) is 11.3 Å². The molecule has 0 saturated carbocycles. The Bertz CT molecular complexity index is 536. The lowest BCUT2D eigenvalue weighted by atomic mass is 10.2. The van der Waals surface area contributed by atoms with Crippen LogP contribution in [0.1, 0.15) is 32.3 Å². The Morgan fingerprint density at radius 2 is 1.92 bits per heavy atom. The van der Waals surface area contributed by atoms with Crippen molar-refractivity contribution in [2.45, 2.75) is 52.1 Å². The van der Waals surface area contributed by atoms with Crippen molar-refractivity contribution in [1.29, 1.82) is 0 Å². The fourth-order valence-corrected chi connectivity index (χ4v) is 3.30. The van der Waals surface area contributed by atoms with Gasteiger partial charge in [-0.25, -0.2) is 0 Å². The molecule has 148 valence electrons. The summed E-state index contributed by atoms with van der Waals surface area (Å²) in [5, 5.41) is 3.38. The van der Waals surface area contributed by atoms with Crippen LogP contribution in [0.25, 0.3) is 0 Å². The molecule has 0 radical (unpaired) electrons. The number of alkyl halides is 2. The van der Waals surface area contributed by atoms with E-state index in [0.717, 1.165) is 44.6 Å². The first kappa shape index (κ1) is 20.9. The van der Waals surface area contributed by atoms with Gasteiger partial charge in [-0.15, -0.1) is 0 Å². The first-order chi connectivity index (χ1) is 12.5. The molecule has 7 heteroatoms. The van der Waals surface area contributed by atoms with Crippen molar-refractivity contribution >= 4 is 0 Å². The second-order valence-electron chi connectivity index (χ2n) is 6.76. The van der Waals surface area contributed by atoms with E-state index in [-0.39, 0.29) is 5.75 Å². The van der Waals surface area contributed by atoms with Crippen molar-refractivity contribution in [3.05, 3.63) is 23.8 Å². The third-order valence-electron chi connectivity index (χ3n) is 4.35. The molecule has 1 aromatic rings. The van der Waals surface area contributed by atoms with Crippen LogP contribution in [0.2, 0.25) is 0 Å². The molecule has 1 aliphatic rings. The highest BCUT2D eigenvalue weighted by molar-refractivity contribution is 5.42. The molecule has 1 heterocycles. The summed E-state index contributed by atoms with van der Waals surface area (Å²) in [5.41, 5.74) is 0.972. The minimum atomic E-state index is -2.86. The van der Waals surface area contributed by atoms with E-state index in [1.807, 2.05) is 0 Å². The normalized spacial score (nSPS) is 21.2. The minimum Gasteiger partial charge on any atom is -0.493 e. The number of nitrogens with one attached hydrogen (secondary N) is 1. The van der Waals surface area contributed by atoms with Gasteiger partial charge in [0.2, 0.25) is 0 Å². The van der Waals surface area contributed by atoms with E-state index in [1.54, 1.807) is 12.1 Å². The number of unbranched alkanes of at least 4 members (excludes halogenated alkanes) is 1. The third kappa shape index (κ3) is 7.05. The fourth-order valence-electron chi connectivity index (χ4n) is 3.30. The summed E-state index contributed by atoms with van der Waals surface area (Å²) in [7, 11) is 1.44. The van der Waals surface area contributed by atoms with E-state index in [2.05, 4.69) is 28.8 Å². The molecule has 1 aliphatic heterocycles. The summed E-state index contributed by atoms with van der Waals surface area (Å²) >= 11 is 0. The maximum Gasteiger partial charge on any atom is 0.387 e. The number of hydrogen-bond donors (Lipinski definition) is 1. The van der Waals surface area contributed by atoms with E-state index in [4.69, 9.17) is 9.47 Å². The largest absolute Gasteiger partial charge is 0.493 e. The SMILES string of the molecule is COc1cc(CNCCCCN2CC(C)OC(C)C2)ccc1OC(F)F. The van der Waals surface area contributed by atoms with Gasteiger partial charge in [-0.1, -0.05) is 6.07 Å². The molecule has 1 N–H and O–H groups in total. The maximum atomic E-state index is 12.3. The Kier molecular flexibility index (Phi) is 8.54. The molecule has 2 unspecified atom stereocenters. The predicted molar refractivity (Wildman–Crippen MR) is 97.0 cm³/mol. The summed E-state index contributed by atoms with van der Waals surface area (Å²) < 4.78 is 40.0. The number of hydrogen-bond acceptors (Lipinski definition) is 5. The average molecular weight is 372 g/mol. The van der Waals surface area contributed by atoms with Crippen molar-refractivity contribution in [3.8, 4) is 11.5 Å². The van der Waals surface area contributed by atoms with E-state index in [0.29, 0.717) is 24.5 Å². The van der Waals surface area contributed by atoms with Gasteiger partial charge in [0, 0.05) is 19.6 Å². The summed E-state index contributed by atoms with van der Waals surface area (Å²) in [6.07, 6.45) is 2.84. The molecule has 26 heavy (non-hydrogen) atoms. The van der Waals surface area contributed by atoms with Gasteiger partial charge in [-0.2, -0.15) is 8.78 Å². The minimum absolute atomic E-state index is 0.0558. The lowest BCUT2D eigenvalue weighted by Crippen LogP contribution is -2.45. The molecule has 2 rings (SSSR count). The van der Waals surface area contributed by atoms with Gasteiger partial charge in [-0.05, 0) is 57.5 Å². The Morgan fingerprint density at radius 3 is 2.58 bits per heavy atom. The number of benzene rings is 1. The molecular formula is C19H30F2N2O3. The van der Waals surface area contributed by atoms with Gasteiger partial charge < -0.3 is 19.5 Å². The molecule has 0 spiro atoms. The van der Waals surface area contributed by atoms with Gasteiger partial charge in [0.05, 0.1) is 19.3 Å². The molecule has 0 amide bonds. The summed E-state index contributed by atoms with van der Waals surface area (Å²) in [4.78, 5) is 2.46. The molecule has 1 aromatic carbocycles. The van der Waals surface area contributed by atoms with Gasteiger partial charge >= 0.3 is 6.61 Å². The van der Waals surface area contributed by atoms with Gasteiger partial charge in [0.15, 0.2) is 11.5 Å². The van der Waals surface area contributed by atoms with Crippen LogP contribution in [0.4, 0.5) is 8.78 Å². The van der Waals surface area contributed by atoms with Crippen LogP contribution in [0.3, 0.4) is 0 Å². The fraction of sp³-hybridized carbons (Fsp3) is 0.684. The van der Waals surface area contributed by atoms with E-state index in [1.165, 1.54) is 13.2 Å². The van der Waals surface area contributed by atoms with Crippen molar-refractivity contribution in [2.24, 2.45) is 0 Å². The van der Waals surface area contributed by atoms with Gasteiger partial charge in [0.1, 0.15) is 0 Å². The highest BCUT2D eigenvalue weighted by Crippen LogP contribution is 2.29. The molecular weight excluding hydrogens is 342 g/mol. The number of halogens is 2. The maximum absolute atomic E-state index is 12.3. The number of morpholine rings is 1. The molecule has 1 fully saturated rings. The predicted octanol–water partition coefficient (Wildman–Crippen LogP) is 3.28. The zero-order chi connectivity index (χ0) is 18.9. The van der Waals surface area contributed by atoms with Crippen LogP contribution in [0.15, 0.2) is 18.2 Å². The standard InChI is InChI=1S/C19H30F2N2O3/c1-14-12-23(13-15(2)25-14)9-5-4-8-22-11-16-6-7-17(26-19(20)21)18(10-16)24-3/h6-7,10,14-15,19,22H,4-5,8-9,11-13H2,1-3H3. The van der Waals surface area contributed by atoms with Crippen LogP contribution >= 0.6 is 0 Å². The molecule has 2 atom stereocenters. The Morgan fingerprint density at radius 1 is 1.19 bits per heavy atom. The topological polar surface area (TPSA) is 43.0 Å². The average Bonchev–Trinajstić information content (AvgIpc) is 2.57. The van der Waals surface area contributed by atoms with Gasteiger partial charge in [0.25, 0.3) is 0 Å². The van der Waals surface area contributed by atoms with Crippen molar-refractivity contribution in [3.63, 3.8) is 0 Å². The van der Waals surface area contributed by atoms with Crippen LogP contribution < -0.4 is 14.8 Å². The Hall–Kier alpha value is -1.44. The van der Waals surface area contributed by atoms with Crippen molar-refractivity contribution < 1.29 is 23.0 Å². The van der Waals surface area contributed by atoms with E-state index >= 15 is 0 Å². The quantitative estimate of drug-likeness (QED) is 0.639. The molecule has 0 bridgehead atoms. The lowest BCUT2D eigenvalue weighted by Gasteiger charge is -2.35. The number of ether oxygens (including phenoxy) is 3. The number of nitrogens with zero attached hydrogens (tertiary/aromatic N) is 1. The van der Waals surface area contributed by atoms with Crippen LogP contribution in [-0.4, -0.2) is 57.0 Å². The Labute approximate surface area is 154 Å². The lowest BCUT2D eigenvalue weighted by molar-refractivity contribution is -0.0681. The molecule has 5 nitrogen and oxygen atoms in total.